The molecule has 0 spiro atoms. The Kier molecular flexibility index (Phi) is 4.32. The molecule has 0 unspecified atom stereocenters. The SMILES string of the molecule is [C-]#[N+]c1cc(C)c(SC)c(N=Nc2ccccc2)c1. The summed E-state index contributed by atoms with van der Waals surface area (Å²) in [5.74, 6) is 0. The highest BCUT2D eigenvalue weighted by atomic mass is 32.2. The highest BCUT2D eigenvalue weighted by Crippen LogP contribution is 2.36. The Bertz CT molecular complexity index is 642. The molecule has 0 aliphatic carbocycles. The van der Waals surface area contributed by atoms with E-state index in [-0.39, 0.29) is 0 Å². The zero-order valence-corrected chi connectivity index (χ0v) is 11.6. The first-order valence-corrected chi connectivity index (χ1v) is 7.00. The first-order chi connectivity index (χ1) is 9.24. The van der Waals surface area contributed by atoms with Crippen LogP contribution in [0.25, 0.3) is 4.85 Å². The van der Waals surface area contributed by atoms with Crippen molar-refractivity contribution in [1.82, 2.24) is 0 Å². The fourth-order valence-corrected chi connectivity index (χ4v) is 2.44. The zero-order chi connectivity index (χ0) is 13.7. The lowest BCUT2D eigenvalue weighted by molar-refractivity contribution is 1.17. The van der Waals surface area contributed by atoms with Gasteiger partial charge in [0.2, 0.25) is 0 Å². The van der Waals surface area contributed by atoms with Gasteiger partial charge in [0.1, 0.15) is 0 Å². The van der Waals surface area contributed by atoms with E-state index in [9.17, 15) is 0 Å². The first-order valence-electron chi connectivity index (χ1n) is 5.77. The second-order valence-electron chi connectivity index (χ2n) is 3.96. The van der Waals surface area contributed by atoms with Crippen LogP contribution >= 0.6 is 11.8 Å². The number of nitrogens with zero attached hydrogens (tertiary/aromatic N) is 3. The zero-order valence-electron chi connectivity index (χ0n) is 10.8. The van der Waals surface area contributed by atoms with E-state index in [1.807, 2.05) is 49.6 Å². The van der Waals surface area contributed by atoms with Crippen LogP contribution in [0.4, 0.5) is 17.1 Å². The van der Waals surface area contributed by atoms with Gasteiger partial charge in [0.25, 0.3) is 0 Å². The Morgan fingerprint density at radius 1 is 1.11 bits per heavy atom. The first kappa shape index (κ1) is 13.3. The largest absolute Gasteiger partial charge is 0.238 e. The molecule has 0 fully saturated rings. The van der Waals surface area contributed by atoms with E-state index in [0.29, 0.717) is 5.69 Å². The number of azo groups is 1. The third kappa shape index (κ3) is 3.21. The Balaban J connectivity index is 2.42. The molecule has 2 rings (SSSR count). The van der Waals surface area contributed by atoms with Crippen LogP contribution in [0.2, 0.25) is 0 Å². The van der Waals surface area contributed by atoms with Crippen molar-refractivity contribution in [2.24, 2.45) is 10.2 Å². The molecule has 0 bridgehead atoms. The quantitative estimate of drug-likeness (QED) is 0.399. The predicted molar refractivity (Wildman–Crippen MR) is 79.8 cm³/mol. The number of thioether (sulfide) groups is 1. The van der Waals surface area contributed by atoms with Gasteiger partial charge in [-0.3, -0.25) is 0 Å². The van der Waals surface area contributed by atoms with Gasteiger partial charge < -0.3 is 0 Å². The van der Waals surface area contributed by atoms with E-state index in [2.05, 4.69) is 15.1 Å². The molecule has 0 aliphatic rings. The maximum absolute atomic E-state index is 7.11. The highest BCUT2D eigenvalue weighted by molar-refractivity contribution is 7.98. The molecule has 0 atom stereocenters. The van der Waals surface area contributed by atoms with Crippen molar-refractivity contribution in [3.8, 4) is 0 Å². The lowest BCUT2D eigenvalue weighted by Crippen LogP contribution is -1.79. The van der Waals surface area contributed by atoms with Gasteiger partial charge in [-0.15, -0.1) is 11.8 Å². The van der Waals surface area contributed by atoms with E-state index < -0.39 is 0 Å². The number of aryl methyl sites for hydroxylation is 1. The fraction of sp³-hybridized carbons (Fsp3) is 0.133. The molecule has 19 heavy (non-hydrogen) atoms. The second kappa shape index (κ2) is 6.17. The molecule has 0 amide bonds. The minimum atomic E-state index is 0.595. The van der Waals surface area contributed by atoms with Gasteiger partial charge in [-0.2, -0.15) is 10.2 Å². The van der Waals surface area contributed by atoms with Crippen molar-refractivity contribution < 1.29 is 0 Å². The van der Waals surface area contributed by atoms with E-state index >= 15 is 0 Å². The Hall–Kier alpha value is -2.12. The maximum Gasteiger partial charge on any atom is 0.189 e. The maximum atomic E-state index is 7.11. The molecule has 0 heterocycles. The predicted octanol–water partition coefficient (Wildman–Crippen LogP) is 5.68. The van der Waals surface area contributed by atoms with Crippen molar-refractivity contribution in [3.05, 3.63) is 59.4 Å². The van der Waals surface area contributed by atoms with E-state index in [4.69, 9.17) is 6.57 Å². The van der Waals surface area contributed by atoms with Crippen LogP contribution in [0.5, 0.6) is 0 Å². The van der Waals surface area contributed by atoms with Crippen molar-refractivity contribution in [2.75, 3.05) is 6.26 Å². The fourth-order valence-electron chi connectivity index (χ4n) is 1.75. The number of benzene rings is 2. The van der Waals surface area contributed by atoms with Gasteiger partial charge in [-0.25, -0.2) is 4.85 Å². The summed E-state index contributed by atoms with van der Waals surface area (Å²) < 4.78 is 0. The lowest BCUT2D eigenvalue weighted by Gasteiger charge is -2.06. The molecular formula is C15H13N3S. The molecule has 0 aliphatic heterocycles. The van der Waals surface area contributed by atoms with E-state index in [1.165, 1.54) is 0 Å². The molecule has 0 saturated heterocycles. The van der Waals surface area contributed by atoms with Crippen LogP contribution in [0.15, 0.2) is 57.6 Å². The number of hydrogen-bond acceptors (Lipinski definition) is 3. The molecule has 2 aromatic rings. The molecule has 0 saturated carbocycles. The van der Waals surface area contributed by atoms with Gasteiger partial charge in [-0.05, 0) is 36.9 Å². The van der Waals surface area contributed by atoms with Gasteiger partial charge in [-0.1, -0.05) is 24.3 Å². The van der Waals surface area contributed by atoms with Crippen molar-refractivity contribution in [1.29, 1.82) is 0 Å². The van der Waals surface area contributed by atoms with Crippen LogP contribution in [-0.2, 0) is 0 Å². The van der Waals surface area contributed by atoms with Crippen LogP contribution in [0.1, 0.15) is 5.56 Å². The summed E-state index contributed by atoms with van der Waals surface area (Å²) in [6, 6.07) is 13.2. The molecule has 94 valence electrons. The molecule has 0 N–H and O–H groups in total. The Morgan fingerprint density at radius 2 is 1.84 bits per heavy atom. The molecule has 0 aromatic heterocycles. The minimum absolute atomic E-state index is 0.595. The standard InChI is InChI=1S/C15H13N3S/c1-11-9-13(16-2)10-14(15(11)19-3)18-17-12-7-5-4-6-8-12/h4-10H,1,3H3. The molecular weight excluding hydrogens is 254 g/mol. The van der Waals surface area contributed by atoms with Crippen molar-refractivity contribution >= 4 is 28.8 Å². The summed E-state index contributed by atoms with van der Waals surface area (Å²) in [6.45, 7) is 9.09. The third-order valence-electron chi connectivity index (χ3n) is 2.60. The average Bonchev–Trinajstić information content (AvgIpc) is 2.45. The molecule has 4 heteroatoms. The minimum Gasteiger partial charge on any atom is -0.238 e. The Labute approximate surface area is 117 Å². The Morgan fingerprint density at radius 3 is 2.47 bits per heavy atom. The van der Waals surface area contributed by atoms with Gasteiger partial charge in [0.15, 0.2) is 5.69 Å². The summed E-state index contributed by atoms with van der Waals surface area (Å²) in [6.07, 6.45) is 2.00. The van der Waals surface area contributed by atoms with Crippen molar-refractivity contribution in [3.63, 3.8) is 0 Å². The van der Waals surface area contributed by atoms with Gasteiger partial charge >= 0.3 is 0 Å². The summed E-state index contributed by atoms with van der Waals surface area (Å²) >= 11 is 1.62. The molecule has 0 radical (unpaired) electrons. The van der Waals surface area contributed by atoms with Gasteiger partial charge in [0, 0.05) is 4.90 Å². The number of rotatable bonds is 3. The highest BCUT2D eigenvalue weighted by Gasteiger charge is 2.07. The van der Waals surface area contributed by atoms with Crippen molar-refractivity contribution in [2.45, 2.75) is 11.8 Å². The molecule has 3 nitrogen and oxygen atoms in total. The molecule has 2 aromatic carbocycles. The summed E-state index contributed by atoms with van der Waals surface area (Å²) in [5, 5.41) is 8.49. The smallest absolute Gasteiger partial charge is 0.189 e. The number of hydrogen-bond donors (Lipinski definition) is 0. The van der Waals surface area contributed by atoms with Crippen LogP contribution < -0.4 is 0 Å². The topological polar surface area (TPSA) is 29.1 Å². The van der Waals surface area contributed by atoms with E-state index in [0.717, 1.165) is 21.8 Å². The summed E-state index contributed by atoms with van der Waals surface area (Å²) in [7, 11) is 0. The second-order valence-corrected chi connectivity index (χ2v) is 4.78. The monoisotopic (exact) mass is 267 g/mol. The lowest BCUT2D eigenvalue weighted by atomic mass is 10.2. The van der Waals surface area contributed by atoms with Gasteiger partial charge in [0.05, 0.1) is 17.9 Å². The average molecular weight is 267 g/mol. The van der Waals surface area contributed by atoms with Crippen LogP contribution in [0.3, 0.4) is 0 Å². The van der Waals surface area contributed by atoms with E-state index in [1.54, 1.807) is 17.8 Å². The summed E-state index contributed by atoms with van der Waals surface area (Å²) in [4.78, 5) is 4.52. The third-order valence-corrected chi connectivity index (χ3v) is 3.54. The van der Waals surface area contributed by atoms with Crippen LogP contribution in [-0.4, -0.2) is 6.26 Å². The normalized spacial score (nSPS) is 10.6. The summed E-state index contributed by atoms with van der Waals surface area (Å²) in [5.41, 5.74) is 3.21. The van der Waals surface area contributed by atoms with Crippen LogP contribution in [0, 0.1) is 13.5 Å².